The molecule has 2 aliphatic rings. The van der Waals surface area contributed by atoms with Gasteiger partial charge in [0.1, 0.15) is 0 Å². The molecule has 0 N–H and O–H groups in total. The Hall–Kier alpha value is -1.32. The van der Waals surface area contributed by atoms with Gasteiger partial charge in [-0.1, -0.05) is 12.2 Å². The zero-order valence-electron chi connectivity index (χ0n) is 10.2. The highest BCUT2D eigenvalue weighted by Crippen LogP contribution is 2.48. The number of ether oxygens (including phenoxy) is 2. The van der Waals surface area contributed by atoms with Gasteiger partial charge in [0.25, 0.3) is 0 Å². The summed E-state index contributed by atoms with van der Waals surface area (Å²) in [4.78, 5) is 23.8. The van der Waals surface area contributed by atoms with Crippen LogP contribution >= 0.6 is 0 Å². The molecule has 2 aliphatic carbocycles. The van der Waals surface area contributed by atoms with Gasteiger partial charge in [-0.15, -0.1) is 0 Å². The van der Waals surface area contributed by atoms with Crippen molar-refractivity contribution in [1.82, 2.24) is 0 Å². The molecule has 0 aliphatic heterocycles. The summed E-state index contributed by atoms with van der Waals surface area (Å²) >= 11 is 0. The van der Waals surface area contributed by atoms with Crippen molar-refractivity contribution in [3.63, 3.8) is 0 Å². The molecule has 0 aromatic heterocycles. The minimum Gasteiger partial charge on any atom is -0.466 e. The Labute approximate surface area is 101 Å². The predicted octanol–water partition coefficient (Wildman–Crippen LogP) is 1.55. The van der Waals surface area contributed by atoms with Gasteiger partial charge in [-0.25, -0.2) is 0 Å². The summed E-state index contributed by atoms with van der Waals surface area (Å²) in [6, 6.07) is 0. The zero-order chi connectivity index (χ0) is 12.4. The number of esters is 2. The molecule has 4 atom stereocenters. The molecule has 0 spiro atoms. The van der Waals surface area contributed by atoms with Gasteiger partial charge in [0.05, 0.1) is 25.0 Å². The van der Waals surface area contributed by atoms with Gasteiger partial charge in [0, 0.05) is 0 Å². The molecule has 4 heteroatoms. The van der Waals surface area contributed by atoms with Crippen molar-refractivity contribution in [1.29, 1.82) is 0 Å². The molecule has 4 nitrogen and oxygen atoms in total. The van der Waals surface area contributed by atoms with Crippen LogP contribution in [-0.2, 0) is 19.1 Å². The first kappa shape index (κ1) is 12.1. The van der Waals surface area contributed by atoms with Crippen LogP contribution in [0.5, 0.6) is 0 Å². The lowest BCUT2D eigenvalue weighted by Crippen LogP contribution is -2.35. The summed E-state index contributed by atoms with van der Waals surface area (Å²) in [7, 11) is 0. The third-order valence-electron chi connectivity index (χ3n) is 3.58. The van der Waals surface area contributed by atoms with Gasteiger partial charge < -0.3 is 9.47 Å². The van der Waals surface area contributed by atoms with E-state index in [1.165, 1.54) is 0 Å². The maximum atomic E-state index is 11.9. The highest BCUT2D eigenvalue weighted by molar-refractivity contribution is 5.84. The highest BCUT2D eigenvalue weighted by Gasteiger charge is 2.52. The molecule has 0 aromatic carbocycles. The quantitative estimate of drug-likeness (QED) is 0.551. The normalized spacial score (nSPS) is 33.8. The van der Waals surface area contributed by atoms with Crippen LogP contribution in [0.2, 0.25) is 0 Å². The van der Waals surface area contributed by atoms with Crippen molar-refractivity contribution in [2.75, 3.05) is 13.2 Å². The number of carbonyl (C=O) groups is 2. The molecule has 2 rings (SSSR count). The van der Waals surface area contributed by atoms with Crippen LogP contribution in [0.25, 0.3) is 0 Å². The predicted molar refractivity (Wildman–Crippen MR) is 61.0 cm³/mol. The largest absolute Gasteiger partial charge is 0.466 e. The molecule has 17 heavy (non-hydrogen) atoms. The Morgan fingerprint density at radius 2 is 1.41 bits per heavy atom. The van der Waals surface area contributed by atoms with Crippen LogP contribution in [0, 0.1) is 23.7 Å². The third kappa shape index (κ3) is 2.08. The fraction of sp³-hybridized carbons (Fsp3) is 0.692. The van der Waals surface area contributed by atoms with E-state index in [1.54, 1.807) is 13.8 Å². The van der Waals surface area contributed by atoms with Crippen LogP contribution in [0.1, 0.15) is 20.3 Å². The van der Waals surface area contributed by atoms with E-state index >= 15 is 0 Å². The number of hydrogen-bond acceptors (Lipinski definition) is 4. The maximum absolute atomic E-state index is 11.9. The Bertz CT molecular complexity index is 315. The SMILES string of the molecule is CCOC(=O)[C@H]1C2C=CC(C2)[C@@H]1C(=O)OCC. The minimum absolute atomic E-state index is 0.147. The molecule has 0 saturated heterocycles. The fourth-order valence-electron chi connectivity index (χ4n) is 2.94. The molecule has 94 valence electrons. The number of allylic oxidation sites excluding steroid dienone is 2. The first-order valence-corrected chi connectivity index (χ1v) is 6.20. The first-order chi connectivity index (χ1) is 8.19. The molecule has 1 fully saturated rings. The second-order valence-electron chi connectivity index (χ2n) is 4.50. The van der Waals surface area contributed by atoms with Gasteiger partial charge in [0.15, 0.2) is 0 Å². The summed E-state index contributed by atoms with van der Waals surface area (Å²) in [5.74, 6) is -0.917. The van der Waals surface area contributed by atoms with Crippen molar-refractivity contribution in [2.45, 2.75) is 20.3 Å². The van der Waals surface area contributed by atoms with Gasteiger partial charge in [-0.3, -0.25) is 9.59 Å². The van der Waals surface area contributed by atoms with Gasteiger partial charge in [0.2, 0.25) is 0 Å². The van der Waals surface area contributed by atoms with Crippen LogP contribution in [0.4, 0.5) is 0 Å². The lowest BCUT2D eigenvalue weighted by atomic mass is 9.83. The van der Waals surface area contributed by atoms with Gasteiger partial charge >= 0.3 is 11.9 Å². The summed E-state index contributed by atoms with van der Waals surface area (Å²) in [6.07, 6.45) is 4.93. The fourth-order valence-corrected chi connectivity index (χ4v) is 2.94. The monoisotopic (exact) mass is 238 g/mol. The first-order valence-electron chi connectivity index (χ1n) is 6.20. The molecule has 2 bridgehead atoms. The van der Waals surface area contributed by atoms with E-state index in [0.29, 0.717) is 13.2 Å². The van der Waals surface area contributed by atoms with Crippen LogP contribution in [-0.4, -0.2) is 25.2 Å². The third-order valence-corrected chi connectivity index (χ3v) is 3.58. The Kier molecular flexibility index (Phi) is 3.50. The van der Waals surface area contributed by atoms with E-state index in [9.17, 15) is 9.59 Å². The van der Waals surface area contributed by atoms with Gasteiger partial charge in [-0.05, 0) is 32.1 Å². The van der Waals surface area contributed by atoms with Crippen molar-refractivity contribution < 1.29 is 19.1 Å². The topological polar surface area (TPSA) is 52.6 Å². The molecule has 0 amide bonds. The number of rotatable bonds is 4. The molecule has 2 unspecified atom stereocenters. The minimum atomic E-state index is -0.344. The van der Waals surface area contributed by atoms with Crippen molar-refractivity contribution in [3.05, 3.63) is 12.2 Å². The summed E-state index contributed by atoms with van der Waals surface area (Å²) in [5, 5.41) is 0. The number of carbonyl (C=O) groups excluding carboxylic acids is 2. The van der Waals surface area contributed by atoms with Crippen molar-refractivity contribution in [3.8, 4) is 0 Å². The standard InChI is InChI=1S/C13H18O4/c1-3-16-12(14)10-8-5-6-9(7-8)11(10)13(15)17-4-2/h5-6,8-11H,3-4,7H2,1-2H3/t8?,9?,10-,11-/m0/s1. The number of hydrogen-bond donors (Lipinski definition) is 0. The average molecular weight is 238 g/mol. The second-order valence-corrected chi connectivity index (χ2v) is 4.50. The lowest BCUT2D eigenvalue weighted by Gasteiger charge is -2.24. The Morgan fingerprint density at radius 3 is 1.76 bits per heavy atom. The van der Waals surface area contributed by atoms with E-state index in [1.807, 2.05) is 12.2 Å². The summed E-state index contributed by atoms with van der Waals surface area (Å²) in [5.41, 5.74) is 0. The van der Waals surface area contributed by atoms with E-state index < -0.39 is 0 Å². The zero-order valence-corrected chi connectivity index (χ0v) is 10.2. The summed E-state index contributed by atoms with van der Waals surface area (Å²) < 4.78 is 10.1. The lowest BCUT2D eigenvalue weighted by molar-refractivity contribution is -0.160. The smallest absolute Gasteiger partial charge is 0.310 e. The van der Waals surface area contributed by atoms with E-state index in [2.05, 4.69) is 0 Å². The van der Waals surface area contributed by atoms with E-state index in [-0.39, 0.29) is 35.6 Å². The van der Waals surface area contributed by atoms with Crippen molar-refractivity contribution in [2.24, 2.45) is 23.7 Å². The Balaban J connectivity index is 2.14. The van der Waals surface area contributed by atoms with Crippen LogP contribution < -0.4 is 0 Å². The van der Waals surface area contributed by atoms with Gasteiger partial charge in [-0.2, -0.15) is 0 Å². The summed E-state index contributed by atoms with van der Waals surface area (Å²) in [6.45, 7) is 4.26. The maximum Gasteiger partial charge on any atom is 0.310 e. The highest BCUT2D eigenvalue weighted by atomic mass is 16.5. The molecular formula is C13H18O4. The van der Waals surface area contributed by atoms with Crippen LogP contribution in [0.15, 0.2) is 12.2 Å². The van der Waals surface area contributed by atoms with E-state index in [0.717, 1.165) is 6.42 Å². The average Bonchev–Trinajstić information content (AvgIpc) is 2.89. The van der Waals surface area contributed by atoms with Crippen LogP contribution in [0.3, 0.4) is 0 Å². The molecule has 1 saturated carbocycles. The van der Waals surface area contributed by atoms with Crippen molar-refractivity contribution >= 4 is 11.9 Å². The molecular weight excluding hydrogens is 220 g/mol. The second kappa shape index (κ2) is 4.90. The number of fused-ring (bicyclic) bond motifs is 2. The molecule has 0 radical (unpaired) electrons. The molecule has 0 aromatic rings. The van der Waals surface area contributed by atoms with E-state index in [4.69, 9.17) is 9.47 Å². The Morgan fingerprint density at radius 1 is 1.00 bits per heavy atom. The molecule has 0 heterocycles.